The molecule has 28 heavy (non-hydrogen) atoms. The quantitative estimate of drug-likeness (QED) is 0.659. The van der Waals surface area contributed by atoms with Gasteiger partial charge in [0.2, 0.25) is 11.8 Å². The monoisotopic (exact) mass is 386 g/mol. The van der Waals surface area contributed by atoms with E-state index in [1.807, 2.05) is 20.8 Å². The summed E-state index contributed by atoms with van der Waals surface area (Å²) in [6, 6.07) is 3.37. The summed E-state index contributed by atoms with van der Waals surface area (Å²) in [6.45, 7) is 5.57. The molecule has 2 heterocycles. The lowest BCUT2D eigenvalue weighted by molar-refractivity contribution is -0.136. The Bertz CT molecular complexity index is 887. The van der Waals surface area contributed by atoms with Gasteiger partial charge in [0.05, 0.1) is 11.1 Å². The third-order valence-electron chi connectivity index (χ3n) is 4.48. The Kier molecular flexibility index (Phi) is 4.93. The zero-order chi connectivity index (χ0) is 20.6. The van der Waals surface area contributed by atoms with Crippen LogP contribution in [-0.4, -0.2) is 46.1 Å². The van der Waals surface area contributed by atoms with Crippen LogP contribution in [0.5, 0.6) is 0 Å². The maximum Gasteiger partial charge on any atom is 0.315 e. The molecule has 2 aliphatic heterocycles. The molecule has 9 nitrogen and oxygen atoms in total. The SMILES string of the molecule is CC(C)(C)NC(=O)NCc1cccc2c1C(=O)N(C1CCC(=O)NC1=O)C2=O. The van der Waals surface area contributed by atoms with E-state index in [-0.39, 0.29) is 30.5 Å². The molecule has 9 heteroatoms. The molecule has 6 amide bonds. The van der Waals surface area contributed by atoms with Gasteiger partial charge in [-0.05, 0) is 38.8 Å². The average Bonchev–Trinajstić information content (AvgIpc) is 2.84. The number of hydrogen-bond acceptors (Lipinski definition) is 5. The Balaban J connectivity index is 1.81. The van der Waals surface area contributed by atoms with Crippen molar-refractivity contribution < 1.29 is 24.0 Å². The molecule has 0 spiro atoms. The number of hydrogen-bond donors (Lipinski definition) is 3. The largest absolute Gasteiger partial charge is 0.334 e. The third-order valence-corrected chi connectivity index (χ3v) is 4.48. The number of imide groups is 2. The lowest BCUT2D eigenvalue weighted by Gasteiger charge is -2.27. The lowest BCUT2D eigenvalue weighted by Crippen LogP contribution is -2.54. The molecule has 1 aromatic rings. The van der Waals surface area contributed by atoms with Gasteiger partial charge >= 0.3 is 6.03 Å². The number of piperidine rings is 1. The first-order valence-corrected chi connectivity index (χ1v) is 8.98. The summed E-state index contributed by atoms with van der Waals surface area (Å²) in [5.74, 6) is -2.25. The minimum absolute atomic E-state index is 0.0489. The average molecular weight is 386 g/mol. The molecule has 3 N–H and O–H groups in total. The van der Waals surface area contributed by atoms with Crippen LogP contribution in [0.4, 0.5) is 4.79 Å². The highest BCUT2D eigenvalue weighted by Gasteiger charge is 2.45. The second-order valence-corrected chi connectivity index (χ2v) is 7.84. The van der Waals surface area contributed by atoms with Crippen LogP contribution in [0.15, 0.2) is 18.2 Å². The minimum atomic E-state index is -1.02. The van der Waals surface area contributed by atoms with Crippen LogP contribution in [0.25, 0.3) is 0 Å². The van der Waals surface area contributed by atoms with Crippen molar-refractivity contribution >= 4 is 29.7 Å². The number of benzene rings is 1. The number of nitrogens with zero attached hydrogens (tertiary/aromatic N) is 1. The molecule has 1 unspecified atom stereocenters. The van der Waals surface area contributed by atoms with Gasteiger partial charge in [-0.15, -0.1) is 0 Å². The van der Waals surface area contributed by atoms with Crippen LogP contribution in [0.2, 0.25) is 0 Å². The minimum Gasteiger partial charge on any atom is -0.334 e. The van der Waals surface area contributed by atoms with E-state index in [2.05, 4.69) is 16.0 Å². The molecule has 1 fully saturated rings. The molecule has 3 rings (SSSR count). The van der Waals surface area contributed by atoms with Gasteiger partial charge in [0, 0.05) is 18.5 Å². The van der Waals surface area contributed by atoms with Crippen molar-refractivity contribution in [3.8, 4) is 0 Å². The number of carbonyl (C=O) groups is 5. The molecule has 1 saturated heterocycles. The maximum atomic E-state index is 12.9. The van der Waals surface area contributed by atoms with Crippen LogP contribution in [-0.2, 0) is 16.1 Å². The molecule has 1 atom stereocenters. The number of rotatable bonds is 3. The van der Waals surface area contributed by atoms with Crippen molar-refractivity contribution in [1.29, 1.82) is 0 Å². The standard InChI is InChI=1S/C19H22N4O5/c1-19(2,3)22-18(28)20-9-10-5-4-6-11-14(10)17(27)23(16(11)26)12-7-8-13(24)21-15(12)25/h4-6,12H,7-9H2,1-3H3,(H2,20,22,28)(H,21,24,25). The molecular weight excluding hydrogens is 364 g/mol. The van der Waals surface area contributed by atoms with E-state index in [9.17, 15) is 24.0 Å². The Labute approximate surface area is 161 Å². The summed E-state index contributed by atoms with van der Waals surface area (Å²) in [5, 5.41) is 7.59. The Hall–Kier alpha value is -3.23. The van der Waals surface area contributed by atoms with E-state index in [1.54, 1.807) is 12.1 Å². The van der Waals surface area contributed by atoms with Crippen molar-refractivity contribution in [2.45, 2.75) is 51.7 Å². The van der Waals surface area contributed by atoms with Gasteiger partial charge in [-0.2, -0.15) is 0 Å². The summed E-state index contributed by atoms with van der Waals surface area (Å²) in [6.07, 6.45) is 0.156. The first-order valence-electron chi connectivity index (χ1n) is 8.98. The Morgan fingerprint density at radius 3 is 2.54 bits per heavy atom. The van der Waals surface area contributed by atoms with E-state index in [0.717, 1.165) is 4.90 Å². The van der Waals surface area contributed by atoms with Crippen LogP contribution in [0.1, 0.15) is 59.9 Å². The highest BCUT2D eigenvalue weighted by atomic mass is 16.2. The van der Waals surface area contributed by atoms with E-state index in [4.69, 9.17) is 0 Å². The zero-order valence-corrected chi connectivity index (χ0v) is 15.9. The number of amides is 6. The summed E-state index contributed by atoms with van der Waals surface area (Å²) >= 11 is 0. The molecule has 1 aromatic carbocycles. The van der Waals surface area contributed by atoms with Gasteiger partial charge in [0.1, 0.15) is 6.04 Å². The second kappa shape index (κ2) is 7.06. The normalized spacial score (nSPS) is 19.4. The maximum absolute atomic E-state index is 12.9. The van der Waals surface area contributed by atoms with Crippen molar-refractivity contribution in [1.82, 2.24) is 20.9 Å². The first kappa shape index (κ1) is 19.5. The van der Waals surface area contributed by atoms with Crippen LogP contribution >= 0.6 is 0 Å². The number of nitrogens with one attached hydrogen (secondary N) is 3. The van der Waals surface area contributed by atoms with Crippen molar-refractivity contribution in [3.05, 3.63) is 34.9 Å². The fourth-order valence-electron chi connectivity index (χ4n) is 3.29. The zero-order valence-electron chi connectivity index (χ0n) is 15.9. The topological polar surface area (TPSA) is 125 Å². The van der Waals surface area contributed by atoms with Gasteiger partial charge in [-0.25, -0.2) is 4.79 Å². The molecule has 0 aliphatic carbocycles. The number of carbonyl (C=O) groups excluding carboxylic acids is 5. The van der Waals surface area contributed by atoms with Crippen molar-refractivity contribution in [2.24, 2.45) is 0 Å². The number of urea groups is 1. The van der Waals surface area contributed by atoms with Crippen LogP contribution in [0.3, 0.4) is 0 Å². The third kappa shape index (κ3) is 3.73. The van der Waals surface area contributed by atoms with Gasteiger partial charge in [0.25, 0.3) is 11.8 Å². The van der Waals surface area contributed by atoms with Crippen molar-refractivity contribution in [2.75, 3.05) is 0 Å². The molecule has 0 radical (unpaired) electrons. The fourth-order valence-corrected chi connectivity index (χ4v) is 3.29. The highest BCUT2D eigenvalue weighted by molar-refractivity contribution is 6.24. The van der Waals surface area contributed by atoms with Crippen molar-refractivity contribution in [3.63, 3.8) is 0 Å². The highest BCUT2D eigenvalue weighted by Crippen LogP contribution is 2.29. The molecule has 0 bridgehead atoms. The lowest BCUT2D eigenvalue weighted by atomic mass is 10.0. The van der Waals surface area contributed by atoms with Gasteiger partial charge in [-0.3, -0.25) is 29.4 Å². The Morgan fingerprint density at radius 2 is 1.89 bits per heavy atom. The molecule has 148 valence electrons. The number of fused-ring (bicyclic) bond motifs is 1. The molecule has 0 aromatic heterocycles. The summed E-state index contributed by atoms with van der Waals surface area (Å²) in [5.41, 5.74) is 0.421. The van der Waals surface area contributed by atoms with E-state index in [1.165, 1.54) is 6.07 Å². The second-order valence-electron chi connectivity index (χ2n) is 7.84. The van der Waals surface area contributed by atoms with Crippen LogP contribution < -0.4 is 16.0 Å². The van der Waals surface area contributed by atoms with Gasteiger partial charge in [0.15, 0.2) is 0 Å². The van der Waals surface area contributed by atoms with Gasteiger partial charge < -0.3 is 10.6 Å². The molecule has 2 aliphatic rings. The molecule has 0 saturated carbocycles. The predicted molar refractivity (Wildman–Crippen MR) is 98.2 cm³/mol. The summed E-state index contributed by atoms with van der Waals surface area (Å²) in [4.78, 5) is 62.1. The van der Waals surface area contributed by atoms with Crippen LogP contribution in [0, 0.1) is 0 Å². The fraction of sp³-hybridized carbons (Fsp3) is 0.421. The molecular formula is C19H22N4O5. The summed E-state index contributed by atoms with van der Waals surface area (Å²) < 4.78 is 0. The first-order chi connectivity index (χ1) is 13.1. The van der Waals surface area contributed by atoms with E-state index in [0.29, 0.717) is 5.56 Å². The van der Waals surface area contributed by atoms with E-state index < -0.39 is 41.2 Å². The smallest absolute Gasteiger partial charge is 0.315 e. The summed E-state index contributed by atoms with van der Waals surface area (Å²) in [7, 11) is 0. The Morgan fingerprint density at radius 1 is 1.18 bits per heavy atom. The van der Waals surface area contributed by atoms with Gasteiger partial charge in [-0.1, -0.05) is 12.1 Å². The predicted octanol–water partition coefficient (Wildman–Crippen LogP) is 0.685. The van der Waals surface area contributed by atoms with E-state index >= 15 is 0 Å².